The summed E-state index contributed by atoms with van der Waals surface area (Å²) in [6.45, 7) is 3.65. The number of aromatic nitrogens is 1. The van der Waals surface area contributed by atoms with Crippen LogP contribution in [0.2, 0.25) is 0 Å². The second-order valence-corrected chi connectivity index (χ2v) is 7.08. The first kappa shape index (κ1) is 16.6. The highest BCUT2D eigenvalue weighted by Gasteiger charge is 2.24. The Morgan fingerprint density at radius 2 is 1.73 bits per heavy atom. The molecule has 1 aliphatic heterocycles. The van der Waals surface area contributed by atoms with Gasteiger partial charge in [0.2, 0.25) is 5.91 Å². The molecule has 1 N–H and O–H groups in total. The summed E-state index contributed by atoms with van der Waals surface area (Å²) in [6.07, 6.45) is 5.96. The molecule has 1 aliphatic rings. The van der Waals surface area contributed by atoms with Crippen molar-refractivity contribution in [1.29, 1.82) is 0 Å². The SMILES string of the molecule is C/C(=C\C(=O)N1CCC(c2c[nH]c3ccccc23)CC1)c1ccccc1. The Hall–Kier alpha value is -2.81. The zero-order valence-electron chi connectivity index (χ0n) is 15.1. The molecule has 1 amide bonds. The lowest BCUT2D eigenvalue weighted by atomic mass is 9.89. The van der Waals surface area contributed by atoms with Crippen LogP contribution in [-0.4, -0.2) is 28.9 Å². The fourth-order valence-corrected chi connectivity index (χ4v) is 3.90. The summed E-state index contributed by atoms with van der Waals surface area (Å²) in [5, 5.41) is 1.32. The second-order valence-electron chi connectivity index (χ2n) is 7.08. The molecule has 0 bridgehead atoms. The third-order valence-electron chi connectivity index (χ3n) is 5.44. The number of piperidine rings is 1. The van der Waals surface area contributed by atoms with Crippen molar-refractivity contribution in [1.82, 2.24) is 9.88 Å². The van der Waals surface area contributed by atoms with E-state index in [-0.39, 0.29) is 5.91 Å². The molecule has 0 radical (unpaired) electrons. The lowest BCUT2D eigenvalue weighted by Crippen LogP contribution is -2.37. The second kappa shape index (κ2) is 7.20. The average molecular weight is 344 g/mol. The Labute approximate surface area is 154 Å². The zero-order chi connectivity index (χ0) is 17.9. The van der Waals surface area contributed by atoms with Crippen LogP contribution in [0, 0.1) is 0 Å². The van der Waals surface area contributed by atoms with Gasteiger partial charge >= 0.3 is 0 Å². The molecular formula is C23H24N2O. The van der Waals surface area contributed by atoms with Crippen LogP contribution in [0.1, 0.15) is 36.8 Å². The van der Waals surface area contributed by atoms with Crippen LogP contribution in [0.3, 0.4) is 0 Å². The van der Waals surface area contributed by atoms with Gasteiger partial charge in [0, 0.05) is 36.3 Å². The fourth-order valence-electron chi connectivity index (χ4n) is 3.90. The number of aromatic amines is 1. The molecule has 2 heterocycles. The Morgan fingerprint density at radius 1 is 1.04 bits per heavy atom. The average Bonchev–Trinajstić information content (AvgIpc) is 3.13. The number of carbonyl (C=O) groups is 1. The van der Waals surface area contributed by atoms with Gasteiger partial charge in [-0.15, -0.1) is 0 Å². The van der Waals surface area contributed by atoms with Crippen molar-refractivity contribution < 1.29 is 4.79 Å². The number of fused-ring (bicyclic) bond motifs is 1. The number of H-pyrrole nitrogens is 1. The van der Waals surface area contributed by atoms with Gasteiger partial charge in [-0.3, -0.25) is 4.79 Å². The summed E-state index contributed by atoms with van der Waals surface area (Å²) in [5.74, 6) is 0.651. The van der Waals surface area contributed by atoms with Crippen LogP contribution < -0.4 is 0 Å². The van der Waals surface area contributed by atoms with Gasteiger partial charge in [-0.05, 0) is 48.4 Å². The van der Waals surface area contributed by atoms with Gasteiger partial charge in [-0.25, -0.2) is 0 Å². The number of hydrogen-bond acceptors (Lipinski definition) is 1. The molecule has 1 saturated heterocycles. The van der Waals surface area contributed by atoms with E-state index in [9.17, 15) is 4.79 Å². The molecule has 0 aliphatic carbocycles. The highest BCUT2D eigenvalue weighted by Crippen LogP contribution is 2.33. The first-order valence-corrected chi connectivity index (χ1v) is 9.31. The first-order valence-electron chi connectivity index (χ1n) is 9.31. The lowest BCUT2D eigenvalue weighted by Gasteiger charge is -2.31. The standard InChI is InChI=1S/C23H24N2O/c1-17(18-7-3-2-4-8-18)15-23(26)25-13-11-19(12-14-25)21-16-24-22-10-6-5-9-20(21)22/h2-10,15-16,19,24H,11-14H2,1H3/b17-15+. The molecule has 0 atom stereocenters. The monoisotopic (exact) mass is 344 g/mol. The number of nitrogens with one attached hydrogen (secondary N) is 1. The Morgan fingerprint density at radius 3 is 2.50 bits per heavy atom. The minimum absolute atomic E-state index is 0.128. The molecule has 26 heavy (non-hydrogen) atoms. The smallest absolute Gasteiger partial charge is 0.246 e. The van der Waals surface area contributed by atoms with Gasteiger partial charge in [0.1, 0.15) is 0 Å². The number of hydrogen-bond donors (Lipinski definition) is 1. The minimum Gasteiger partial charge on any atom is -0.361 e. The zero-order valence-corrected chi connectivity index (χ0v) is 15.1. The van der Waals surface area contributed by atoms with E-state index in [1.165, 1.54) is 16.5 Å². The number of likely N-dealkylation sites (tertiary alicyclic amines) is 1. The Bertz CT molecular complexity index is 931. The maximum atomic E-state index is 12.6. The van der Waals surface area contributed by atoms with Crippen molar-refractivity contribution >= 4 is 22.4 Å². The van der Waals surface area contributed by atoms with Crippen LogP contribution in [0.25, 0.3) is 16.5 Å². The van der Waals surface area contributed by atoms with E-state index in [1.807, 2.05) is 42.2 Å². The molecule has 3 aromatic rings. The lowest BCUT2D eigenvalue weighted by molar-refractivity contribution is -0.127. The number of carbonyl (C=O) groups excluding carboxylic acids is 1. The summed E-state index contributed by atoms with van der Waals surface area (Å²) < 4.78 is 0. The van der Waals surface area contributed by atoms with E-state index in [1.54, 1.807) is 6.08 Å². The largest absolute Gasteiger partial charge is 0.361 e. The number of para-hydroxylation sites is 1. The van der Waals surface area contributed by atoms with Crippen molar-refractivity contribution in [3.05, 3.63) is 78.0 Å². The fraction of sp³-hybridized carbons (Fsp3) is 0.261. The van der Waals surface area contributed by atoms with Crippen molar-refractivity contribution in [2.75, 3.05) is 13.1 Å². The number of amides is 1. The molecule has 0 saturated carbocycles. The molecule has 2 aromatic carbocycles. The molecule has 4 rings (SSSR count). The van der Waals surface area contributed by atoms with E-state index in [4.69, 9.17) is 0 Å². The summed E-state index contributed by atoms with van der Waals surface area (Å²) >= 11 is 0. The highest BCUT2D eigenvalue weighted by atomic mass is 16.2. The normalized spacial score (nSPS) is 16.2. The molecular weight excluding hydrogens is 320 g/mol. The van der Waals surface area contributed by atoms with Crippen LogP contribution in [0.4, 0.5) is 0 Å². The maximum absolute atomic E-state index is 12.6. The van der Waals surface area contributed by atoms with E-state index < -0.39 is 0 Å². The summed E-state index contributed by atoms with van der Waals surface area (Å²) in [6, 6.07) is 18.5. The minimum atomic E-state index is 0.128. The van der Waals surface area contributed by atoms with Gasteiger partial charge in [-0.1, -0.05) is 48.5 Å². The van der Waals surface area contributed by atoms with Crippen LogP contribution >= 0.6 is 0 Å². The molecule has 3 nitrogen and oxygen atoms in total. The number of rotatable bonds is 3. The highest BCUT2D eigenvalue weighted by molar-refractivity contribution is 5.95. The predicted molar refractivity (Wildman–Crippen MR) is 107 cm³/mol. The van der Waals surface area contributed by atoms with Gasteiger partial charge in [0.05, 0.1) is 0 Å². The molecule has 1 fully saturated rings. The quantitative estimate of drug-likeness (QED) is 0.669. The molecule has 3 heteroatoms. The number of benzene rings is 2. The third kappa shape index (κ3) is 3.30. The molecule has 0 unspecified atom stereocenters. The Balaban J connectivity index is 1.43. The predicted octanol–water partition coefficient (Wildman–Crippen LogP) is 4.98. The van der Waals surface area contributed by atoms with Gasteiger partial charge in [0.25, 0.3) is 0 Å². The molecule has 0 spiro atoms. The number of nitrogens with zero attached hydrogens (tertiary/aromatic N) is 1. The third-order valence-corrected chi connectivity index (χ3v) is 5.44. The van der Waals surface area contributed by atoms with Crippen molar-refractivity contribution in [2.24, 2.45) is 0 Å². The Kier molecular flexibility index (Phi) is 4.61. The van der Waals surface area contributed by atoms with E-state index in [0.717, 1.165) is 37.1 Å². The summed E-state index contributed by atoms with van der Waals surface area (Å²) in [4.78, 5) is 18.0. The van der Waals surface area contributed by atoms with Crippen LogP contribution in [-0.2, 0) is 4.79 Å². The van der Waals surface area contributed by atoms with Crippen molar-refractivity contribution in [3.8, 4) is 0 Å². The van der Waals surface area contributed by atoms with E-state index >= 15 is 0 Å². The van der Waals surface area contributed by atoms with Gasteiger partial charge < -0.3 is 9.88 Å². The van der Waals surface area contributed by atoms with E-state index in [0.29, 0.717) is 5.92 Å². The van der Waals surface area contributed by atoms with Crippen molar-refractivity contribution in [3.63, 3.8) is 0 Å². The maximum Gasteiger partial charge on any atom is 0.246 e. The first-order chi connectivity index (χ1) is 12.7. The van der Waals surface area contributed by atoms with Gasteiger partial charge in [-0.2, -0.15) is 0 Å². The van der Waals surface area contributed by atoms with E-state index in [2.05, 4.69) is 35.4 Å². The molecule has 1 aromatic heterocycles. The summed E-state index contributed by atoms with van der Waals surface area (Å²) in [7, 11) is 0. The topological polar surface area (TPSA) is 36.1 Å². The molecule has 132 valence electrons. The summed E-state index contributed by atoms with van der Waals surface area (Å²) in [5.41, 5.74) is 4.72. The van der Waals surface area contributed by atoms with Gasteiger partial charge in [0.15, 0.2) is 0 Å². The van der Waals surface area contributed by atoms with Crippen molar-refractivity contribution in [2.45, 2.75) is 25.7 Å². The number of allylic oxidation sites excluding steroid dienone is 1. The van der Waals surface area contributed by atoms with Crippen LogP contribution in [0.5, 0.6) is 0 Å². The van der Waals surface area contributed by atoms with Crippen LogP contribution in [0.15, 0.2) is 66.9 Å².